The number of methoxy groups -OCH3 is 1. The molecule has 0 atom stereocenters. The molecule has 0 amide bonds. The molecule has 8 nitrogen and oxygen atoms in total. The Labute approximate surface area is 254 Å². The molecule has 43 heavy (non-hydrogen) atoms. The number of H-pyrrole nitrogens is 2. The molecule has 2 heterocycles. The van der Waals surface area contributed by atoms with Gasteiger partial charge in [-0.05, 0) is 115 Å². The van der Waals surface area contributed by atoms with E-state index in [0.717, 1.165) is 88.2 Å². The maximum Gasteiger partial charge on any atom is 0.162 e. The summed E-state index contributed by atoms with van der Waals surface area (Å²) in [7, 11) is 9.93. The molecule has 5 rings (SSSR count). The summed E-state index contributed by atoms with van der Waals surface area (Å²) >= 11 is 0. The van der Waals surface area contributed by atoms with Gasteiger partial charge >= 0.3 is 0 Å². The third kappa shape index (κ3) is 7.27. The van der Waals surface area contributed by atoms with Crippen molar-refractivity contribution >= 4 is 27.7 Å². The molecule has 5 aromatic rings. The highest BCUT2D eigenvalue weighted by Gasteiger charge is 2.17. The number of ether oxygens (including phenoxy) is 2. The molecule has 0 aliphatic heterocycles. The fraction of sp³-hybridized carbons (Fsp3) is 0.371. The second-order valence-corrected chi connectivity index (χ2v) is 11.8. The summed E-state index contributed by atoms with van der Waals surface area (Å²) in [5.41, 5.74) is 7.45. The van der Waals surface area contributed by atoms with Crippen LogP contribution in [0.1, 0.15) is 41.6 Å². The van der Waals surface area contributed by atoms with E-state index in [4.69, 9.17) is 14.5 Å². The van der Waals surface area contributed by atoms with Gasteiger partial charge in [-0.15, -0.1) is 0 Å². The predicted molar refractivity (Wildman–Crippen MR) is 176 cm³/mol. The Hall–Kier alpha value is -4.14. The third-order valence-electron chi connectivity index (χ3n) is 7.77. The van der Waals surface area contributed by atoms with Crippen LogP contribution in [-0.2, 0) is 0 Å². The Kier molecular flexibility index (Phi) is 9.48. The van der Waals surface area contributed by atoms with Gasteiger partial charge in [0.1, 0.15) is 17.3 Å². The van der Waals surface area contributed by atoms with Crippen LogP contribution in [0.5, 0.6) is 11.5 Å². The number of unbranched alkanes of at least 4 members (excludes halogenated alkanes) is 1. The van der Waals surface area contributed by atoms with Crippen molar-refractivity contribution in [2.24, 2.45) is 0 Å². The number of ketones is 1. The van der Waals surface area contributed by atoms with Crippen molar-refractivity contribution in [3.63, 3.8) is 0 Å². The number of benzene rings is 3. The first-order valence-electron chi connectivity index (χ1n) is 15.0. The van der Waals surface area contributed by atoms with Crippen LogP contribution in [0.25, 0.3) is 44.6 Å². The second kappa shape index (κ2) is 13.4. The van der Waals surface area contributed by atoms with E-state index >= 15 is 0 Å². The SMILES string of the molecule is COc1cc(-c2cc3ccc(OCCCN(C)C)cc3[nH]2)c(C)cc1-c1nc2ccc(C(=O)CCCCN(C)C)cc2[nH]1. The Morgan fingerprint density at radius 3 is 2.40 bits per heavy atom. The quantitative estimate of drug-likeness (QED) is 0.109. The molecule has 0 fully saturated rings. The average molecular weight is 582 g/mol. The van der Waals surface area contributed by atoms with Crippen LogP contribution in [0.2, 0.25) is 0 Å². The van der Waals surface area contributed by atoms with Crippen molar-refractivity contribution in [3.8, 4) is 34.1 Å². The lowest BCUT2D eigenvalue weighted by Crippen LogP contribution is -2.15. The van der Waals surface area contributed by atoms with Gasteiger partial charge in [0.25, 0.3) is 0 Å². The fourth-order valence-electron chi connectivity index (χ4n) is 5.41. The summed E-state index contributed by atoms with van der Waals surface area (Å²) in [6.07, 6.45) is 3.42. The van der Waals surface area contributed by atoms with Gasteiger partial charge < -0.3 is 29.2 Å². The molecule has 0 aliphatic carbocycles. The van der Waals surface area contributed by atoms with Gasteiger partial charge in [-0.2, -0.15) is 0 Å². The summed E-state index contributed by atoms with van der Waals surface area (Å²) in [6.45, 7) is 4.77. The molecular weight excluding hydrogens is 538 g/mol. The lowest BCUT2D eigenvalue weighted by atomic mass is 10.0. The first-order valence-corrected chi connectivity index (χ1v) is 15.0. The molecule has 0 spiro atoms. The number of hydrogen-bond donors (Lipinski definition) is 2. The molecule has 0 saturated carbocycles. The highest BCUT2D eigenvalue weighted by Crippen LogP contribution is 2.37. The van der Waals surface area contributed by atoms with Gasteiger partial charge in [-0.25, -0.2) is 4.98 Å². The zero-order chi connectivity index (χ0) is 30.5. The van der Waals surface area contributed by atoms with Crippen molar-refractivity contribution in [1.29, 1.82) is 0 Å². The molecule has 0 radical (unpaired) electrons. The Balaban J connectivity index is 1.36. The highest BCUT2D eigenvalue weighted by atomic mass is 16.5. The van der Waals surface area contributed by atoms with E-state index in [0.29, 0.717) is 24.4 Å². The van der Waals surface area contributed by atoms with Crippen molar-refractivity contribution in [2.75, 3.05) is 55.0 Å². The van der Waals surface area contributed by atoms with Gasteiger partial charge in [0.15, 0.2) is 5.78 Å². The van der Waals surface area contributed by atoms with Crippen LogP contribution >= 0.6 is 0 Å². The number of fused-ring (bicyclic) bond motifs is 2. The first-order chi connectivity index (χ1) is 20.7. The van der Waals surface area contributed by atoms with Crippen LogP contribution in [0.15, 0.2) is 54.6 Å². The van der Waals surface area contributed by atoms with E-state index in [9.17, 15) is 4.79 Å². The van der Waals surface area contributed by atoms with E-state index < -0.39 is 0 Å². The number of carbonyl (C=O) groups is 1. The molecule has 8 heteroatoms. The zero-order valence-electron chi connectivity index (χ0n) is 26.2. The van der Waals surface area contributed by atoms with Crippen molar-refractivity contribution in [1.82, 2.24) is 24.8 Å². The second-order valence-electron chi connectivity index (χ2n) is 11.8. The summed E-state index contributed by atoms with van der Waals surface area (Å²) in [4.78, 5) is 29.0. The van der Waals surface area contributed by atoms with Gasteiger partial charge in [0.05, 0.1) is 30.3 Å². The first kappa shape index (κ1) is 30.3. The number of rotatable bonds is 14. The Morgan fingerprint density at radius 1 is 0.837 bits per heavy atom. The van der Waals surface area contributed by atoms with Gasteiger partial charge in [-0.3, -0.25) is 4.79 Å². The largest absolute Gasteiger partial charge is 0.496 e. The number of carbonyl (C=O) groups excluding carboxylic acids is 1. The van der Waals surface area contributed by atoms with E-state index in [-0.39, 0.29) is 5.78 Å². The van der Waals surface area contributed by atoms with Crippen molar-refractivity contribution in [3.05, 3.63) is 65.7 Å². The van der Waals surface area contributed by atoms with Crippen molar-refractivity contribution < 1.29 is 14.3 Å². The lowest BCUT2D eigenvalue weighted by molar-refractivity contribution is 0.0978. The number of Topliss-reactive ketones (excluding diaryl/α,β-unsaturated/α-hetero) is 1. The van der Waals surface area contributed by atoms with Gasteiger partial charge in [0.2, 0.25) is 0 Å². The zero-order valence-corrected chi connectivity index (χ0v) is 26.2. The molecule has 0 saturated heterocycles. The molecule has 3 aromatic carbocycles. The molecule has 2 N–H and O–H groups in total. The van der Waals surface area contributed by atoms with Crippen LogP contribution in [-0.4, -0.2) is 85.5 Å². The monoisotopic (exact) mass is 581 g/mol. The minimum Gasteiger partial charge on any atom is -0.496 e. The van der Waals surface area contributed by atoms with Crippen molar-refractivity contribution in [2.45, 2.75) is 32.6 Å². The summed E-state index contributed by atoms with van der Waals surface area (Å²) in [6, 6.07) is 18.2. The number of aryl methyl sites for hydroxylation is 1. The minimum absolute atomic E-state index is 0.163. The summed E-state index contributed by atoms with van der Waals surface area (Å²) in [5.74, 6) is 2.46. The summed E-state index contributed by atoms with van der Waals surface area (Å²) < 4.78 is 11.8. The average Bonchev–Trinajstić information content (AvgIpc) is 3.60. The summed E-state index contributed by atoms with van der Waals surface area (Å²) in [5, 5.41) is 1.12. The highest BCUT2D eigenvalue weighted by molar-refractivity contribution is 5.99. The van der Waals surface area contributed by atoms with Gasteiger partial charge in [0, 0.05) is 46.8 Å². The topological polar surface area (TPSA) is 86.5 Å². The smallest absolute Gasteiger partial charge is 0.162 e. The minimum atomic E-state index is 0.163. The molecule has 0 aliphatic rings. The van der Waals surface area contributed by atoms with E-state index in [1.807, 2.05) is 24.3 Å². The van der Waals surface area contributed by atoms with E-state index in [1.54, 1.807) is 7.11 Å². The standard InChI is InChI=1S/C35H43N5O3/c1-23-18-28(35-37-29-14-12-25(20-32(29)38-35)33(41)10-7-8-15-39(2)3)34(42-6)22-27(23)31-19-24-11-13-26(21-30(24)36-31)43-17-9-16-40(4)5/h11-14,18-22,36H,7-10,15-17H2,1-6H3,(H,37,38). The van der Waals surface area contributed by atoms with E-state index in [2.05, 4.69) is 85.2 Å². The predicted octanol–water partition coefficient (Wildman–Crippen LogP) is 6.94. The molecule has 226 valence electrons. The third-order valence-corrected chi connectivity index (χ3v) is 7.77. The normalized spacial score (nSPS) is 11.7. The molecule has 2 aromatic heterocycles. The number of nitrogens with one attached hydrogen (secondary N) is 2. The number of hydrogen-bond acceptors (Lipinski definition) is 6. The lowest BCUT2D eigenvalue weighted by Gasteiger charge is -2.12. The number of imidazole rings is 1. The number of aromatic nitrogens is 3. The fourth-order valence-corrected chi connectivity index (χ4v) is 5.41. The number of nitrogens with zero attached hydrogens (tertiary/aromatic N) is 3. The maximum atomic E-state index is 12.8. The molecular formula is C35H43N5O3. The van der Waals surface area contributed by atoms with Crippen LogP contribution < -0.4 is 9.47 Å². The van der Waals surface area contributed by atoms with Crippen LogP contribution in [0.3, 0.4) is 0 Å². The maximum absolute atomic E-state index is 12.8. The Morgan fingerprint density at radius 2 is 1.63 bits per heavy atom. The van der Waals surface area contributed by atoms with E-state index in [1.165, 1.54) is 0 Å². The Bertz CT molecular complexity index is 1720. The van der Waals surface area contributed by atoms with Gasteiger partial charge in [-0.1, -0.05) is 0 Å². The molecule has 0 bridgehead atoms. The molecule has 0 unspecified atom stereocenters. The number of aromatic amines is 2. The van der Waals surface area contributed by atoms with Crippen LogP contribution in [0.4, 0.5) is 0 Å². The van der Waals surface area contributed by atoms with Crippen LogP contribution in [0, 0.1) is 6.92 Å².